The van der Waals surface area contributed by atoms with Gasteiger partial charge in [0.2, 0.25) is 0 Å². The molecule has 76 valence electrons. The average molecular weight is 188 g/mol. The standard InChI is InChI=1S/C14H20/c1-6-9-10-11-14(12(4)5)13(7-2)8-3/h7-11H,2,4,6H2,1,3,5H3. The van der Waals surface area contributed by atoms with Gasteiger partial charge in [-0.25, -0.2) is 0 Å². The molecule has 0 atom stereocenters. The summed E-state index contributed by atoms with van der Waals surface area (Å²) in [5.74, 6) is 0. The number of allylic oxidation sites excluding steroid dienone is 8. The van der Waals surface area contributed by atoms with E-state index in [0.717, 1.165) is 23.1 Å². The van der Waals surface area contributed by atoms with E-state index in [4.69, 9.17) is 0 Å². The highest BCUT2D eigenvalue weighted by atomic mass is 14.0. The van der Waals surface area contributed by atoms with Crippen molar-refractivity contribution in [2.45, 2.75) is 27.2 Å². The van der Waals surface area contributed by atoms with Crippen LogP contribution in [0.2, 0.25) is 0 Å². The predicted molar refractivity (Wildman–Crippen MR) is 66.3 cm³/mol. The first kappa shape index (κ1) is 12.7. The largest absolute Gasteiger partial charge is 0.0985 e. The Morgan fingerprint density at radius 1 is 1.36 bits per heavy atom. The molecule has 0 aliphatic heterocycles. The van der Waals surface area contributed by atoms with E-state index in [1.807, 2.05) is 26.0 Å². The lowest BCUT2D eigenvalue weighted by molar-refractivity contribution is 1.22. The molecule has 0 nitrogen and oxygen atoms in total. The lowest BCUT2D eigenvalue weighted by Gasteiger charge is -2.06. The molecule has 0 unspecified atom stereocenters. The van der Waals surface area contributed by atoms with Gasteiger partial charge in [0.05, 0.1) is 0 Å². The Morgan fingerprint density at radius 3 is 2.36 bits per heavy atom. The van der Waals surface area contributed by atoms with Crippen molar-refractivity contribution >= 4 is 0 Å². The monoisotopic (exact) mass is 188 g/mol. The Balaban J connectivity index is 4.94. The topological polar surface area (TPSA) is 0 Å². The SMILES string of the molecule is C=CC(=CC)C(=CC=CCC)C(=C)C. The molecule has 0 saturated heterocycles. The minimum atomic E-state index is 1.05. The van der Waals surface area contributed by atoms with Gasteiger partial charge in [-0.2, -0.15) is 0 Å². The van der Waals surface area contributed by atoms with E-state index in [9.17, 15) is 0 Å². The van der Waals surface area contributed by atoms with E-state index in [0.29, 0.717) is 0 Å². The van der Waals surface area contributed by atoms with Crippen LogP contribution in [0.3, 0.4) is 0 Å². The Bertz CT molecular complexity index is 285. The summed E-state index contributed by atoms with van der Waals surface area (Å²) < 4.78 is 0. The summed E-state index contributed by atoms with van der Waals surface area (Å²) in [6.07, 6.45) is 11.2. The lowest BCUT2D eigenvalue weighted by atomic mass is 9.99. The minimum Gasteiger partial charge on any atom is -0.0985 e. The van der Waals surface area contributed by atoms with Crippen LogP contribution in [0, 0.1) is 0 Å². The number of hydrogen-bond donors (Lipinski definition) is 0. The van der Waals surface area contributed by atoms with Crippen LogP contribution in [-0.4, -0.2) is 0 Å². The Kier molecular flexibility index (Phi) is 6.47. The lowest BCUT2D eigenvalue weighted by Crippen LogP contribution is -1.87. The Hall–Kier alpha value is -1.30. The zero-order valence-corrected chi connectivity index (χ0v) is 9.51. The average Bonchev–Trinajstić information content (AvgIpc) is 2.17. The van der Waals surface area contributed by atoms with Gasteiger partial charge in [0.15, 0.2) is 0 Å². The normalized spacial score (nSPS) is 13.4. The summed E-state index contributed by atoms with van der Waals surface area (Å²) >= 11 is 0. The van der Waals surface area contributed by atoms with E-state index in [1.165, 1.54) is 0 Å². The molecule has 0 N–H and O–H groups in total. The van der Waals surface area contributed by atoms with Gasteiger partial charge in [-0.3, -0.25) is 0 Å². The molecule has 0 aliphatic rings. The second kappa shape index (κ2) is 7.14. The zero-order valence-electron chi connectivity index (χ0n) is 9.51. The number of hydrogen-bond acceptors (Lipinski definition) is 0. The van der Waals surface area contributed by atoms with Gasteiger partial charge in [-0.1, -0.05) is 56.0 Å². The second-order valence-corrected chi connectivity index (χ2v) is 3.15. The third-order valence-corrected chi connectivity index (χ3v) is 1.94. The van der Waals surface area contributed by atoms with E-state index < -0.39 is 0 Å². The van der Waals surface area contributed by atoms with Crippen molar-refractivity contribution in [3.8, 4) is 0 Å². The van der Waals surface area contributed by atoms with Crippen molar-refractivity contribution < 1.29 is 0 Å². The molecule has 0 radical (unpaired) electrons. The van der Waals surface area contributed by atoms with Crippen molar-refractivity contribution in [3.05, 3.63) is 60.3 Å². The second-order valence-electron chi connectivity index (χ2n) is 3.15. The fourth-order valence-corrected chi connectivity index (χ4v) is 1.17. The fraction of sp³-hybridized carbons (Fsp3) is 0.286. The summed E-state index contributed by atoms with van der Waals surface area (Å²) in [5.41, 5.74) is 3.37. The molecule has 0 heteroatoms. The first-order valence-corrected chi connectivity index (χ1v) is 4.99. The fourth-order valence-electron chi connectivity index (χ4n) is 1.17. The molecule has 14 heavy (non-hydrogen) atoms. The smallest absolute Gasteiger partial charge is 0.0164 e. The highest BCUT2D eigenvalue weighted by Crippen LogP contribution is 2.18. The van der Waals surface area contributed by atoms with Crippen LogP contribution in [-0.2, 0) is 0 Å². The van der Waals surface area contributed by atoms with Crippen LogP contribution in [0.4, 0.5) is 0 Å². The van der Waals surface area contributed by atoms with Gasteiger partial charge in [0.25, 0.3) is 0 Å². The van der Waals surface area contributed by atoms with E-state index in [-0.39, 0.29) is 0 Å². The highest BCUT2D eigenvalue weighted by Gasteiger charge is 1.99. The maximum Gasteiger partial charge on any atom is -0.0164 e. The van der Waals surface area contributed by atoms with Crippen molar-refractivity contribution in [2.24, 2.45) is 0 Å². The van der Waals surface area contributed by atoms with Crippen LogP contribution < -0.4 is 0 Å². The van der Waals surface area contributed by atoms with Crippen molar-refractivity contribution in [1.82, 2.24) is 0 Å². The molecule has 0 spiro atoms. The van der Waals surface area contributed by atoms with Gasteiger partial charge >= 0.3 is 0 Å². The Labute approximate surface area is 88.0 Å². The maximum absolute atomic E-state index is 3.96. The molecule has 0 aromatic heterocycles. The van der Waals surface area contributed by atoms with E-state index >= 15 is 0 Å². The van der Waals surface area contributed by atoms with Crippen molar-refractivity contribution in [2.75, 3.05) is 0 Å². The first-order valence-electron chi connectivity index (χ1n) is 4.99. The zero-order chi connectivity index (χ0) is 11.0. The molecule has 0 fully saturated rings. The summed E-state index contributed by atoms with van der Waals surface area (Å²) in [7, 11) is 0. The quantitative estimate of drug-likeness (QED) is 0.554. The first-order chi connectivity index (χ1) is 6.67. The van der Waals surface area contributed by atoms with Crippen LogP contribution in [0.15, 0.2) is 60.3 Å². The van der Waals surface area contributed by atoms with Crippen LogP contribution in [0.25, 0.3) is 0 Å². The summed E-state index contributed by atoms with van der Waals surface area (Å²) in [4.78, 5) is 0. The van der Waals surface area contributed by atoms with Crippen LogP contribution >= 0.6 is 0 Å². The highest BCUT2D eigenvalue weighted by molar-refractivity contribution is 5.50. The van der Waals surface area contributed by atoms with Crippen LogP contribution in [0.5, 0.6) is 0 Å². The molecule has 0 amide bonds. The van der Waals surface area contributed by atoms with E-state index in [1.54, 1.807) is 0 Å². The van der Waals surface area contributed by atoms with Gasteiger partial charge in [0, 0.05) is 0 Å². The molecule has 0 rings (SSSR count). The van der Waals surface area contributed by atoms with Gasteiger partial charge in [-0.15, -0.1) is 0 Å². The van der Waals surface area contributed by atoms with Crippen LogP contribution in [0.1, 0.15) is 27.2 Å². The van der Waals surface area contributed by atoms with Gasteiger partial charge in [-0.05, 0) is 31.4 Å². The third-order valence-electron chi connectivity index (χ3n) is 1.94. The molecule has 0 aliphatic carbocycles. The summed E-state index contributed by atoms with van der Waals surface area (Å²) in [6, 6.07) is 0. The minimum absolute atomic E-state index is 1.05. The molecule has 0 saturated carbocycles. The summed E-state index contributed by atoms with van der Waals surface area (Å²) in [5, 5.41) is 0. The van der Waals surface area contributed by atoms with Gasteiger partial charge in [0.1, 0.15) is 0 Å². The molecular weight excluding hydrogens is 168 g/mol. The summed E-state index contributed by atoms with van der Waals surface area (Å²) in [6.45, 7) is 13.9. The van der Waals surface area contributed by atoms with Crippen molar-refractivity contribution in [3.63, 3.8) is 0 Å². The molecule has 0 heterocycles. The van der Waals surface area contributed by atoms with Crippen molar-refractivity contribution in [1.29, 1.82) is 0 Å². The number of rotatable bonds is 5. The third kappa shape index (κ3) is 4.08. The predicted octanol–water partition coefficient (Wildman–Crippen LogP) is 4.59. The molecule has 0 aromatic carbocycles. The Morgan fingerprint density at radius 2 is 2.00 bits per heavy atom. The van der Waals surface area contributed by atoms with E-state index in [2.05, 4.69) is 38.3 Å². The molecule has 0 aromatic rings. The maximum atomic E-state index is 3.96. The van der Waals surface area contributed by atoms with Gasteiger partial charge < -0.3 is 0 Å². The molecular formula is C14H20. The molecule has 0 bridgehead atoms.